The summed E-state index contributed by atoms with van der Waals surface area (Å²) in [5, 5.41) is 0.757. The fourth-order valence-electron chi connectivity index (χ4n) is 2.87. The van der Waals surface area contributed by atoms with Crippen molar-refractivity contribution in [3.63, 3.8) is 0 Å². The Hall–Kier alpha value is -1.26. The van der Waals surface area contributed by atoms with E-state index in [1.165, 1.54) is 18.4 Å². The lowest BCUT2D eigenvalue weighted by Crippen LogP contribution is -2.45. The second kappa shape index (κ2) is 6.24. The summed E-state index contributed by atoms with van der Waals surface area (Å²) in [6.07, 6.45) is 2.37. The molecule has 0 amide bonds. The predicted molar refractivity (Wildman–Crippen MR) is 89.4 cm³/mol. The Balaban J connectivity index is 1.99. The topological polar surface area (TPSA) is 24.3 Å². The molecule has 1 aromatic heterocycles. The molecule has 0 atom stereocenters. The van der Waals surface area contributed by atoms with E-state index in [0.29, 0.717) is 0 Å². The van der Waals surface area contributed by atoms with Gasteiger partial charge in [-0.3, -0.25) is 0 Å². The van der Waals surface area contributed by atoms with Gasteiger partial charge in [0.25, 0.3) is 0 Å². The third-order valence-corrected chi connectivity index (χ3v) is 4.45. The Morgan fingerprint density at radius 2 is 1.95 bits per heavy atom. The summed E-state index contributed by atoms with van der Waals surface area (Å²) < 4.78 is 2.36. The molecule has 1 aliphatic rings. The van der Waals surface area contributed by atoms with Gasteiger partial charge in [0.1, 0.15) is 0 Å². The number of benzene rings is 1. The van der Waals surface area contributed by atoms with E-state index in [1.54, 1.807) is 0 Å². The van der Waals surface area contributed by atoms with E-state index in [1.807, 2.05) is 12.1 Å². The van der Waals surface area contributed by atoms with Crippen molar-refractivity contribution in [2.24, 2.45) is 0 Å². The number of anilines is 1. The molecule has 2 aromatic rings. The maximum Gasteiger partial charge on any atom is 0.206 e. The molecule has 1 saturated heterocycles. The summed E-state index contributed by atoms with van der Waals surface area (Å²) in [6, 6.07) is 6.03. The molecule has 2 heterocycles. The molecule has 0 spiro atoms. The van der Waals surface area contributed by atoms with Gasteiger partial charge in [0.15, 0.2) is 0 Å². The Morgan fingerprint density at radius 3 is 2.67 bits per heavy atom. The van der Waals surface area contributed by atoms with E-state index in [9.17, 15) is 0 Å². The molecule has 1 aliphatic heterocycles. The zero-order chi connectivity index (χ0) is 14.8. The molecule has 3 rings (SSSR count). The molecule has 0 aliphatic carbocycles. The van der Waals surface area contributed by atoms with Crippen molar-refractivity contribution in [3.8, 4) is 0 Å². The second-order valence-electron chi connectivity index (χ2n) is 5.84. The number of aromatic nitrogens is 2. The number of hydrogen-bond acceptors (Lipinski definition) is 3. The number of hydrogen-bond donors (Lipinski definition) is 0. The van der Waals surface area contributed by atoms with Gasteiger partial charge < -0.3 is 14.4 Å². The van der Waals surface area contributed by atoms with Crippen molar-refractivity contribution in [1.29, 1.82) is 0 Å². The first-order valence-electron chi connectivity index (χ1n) is 7.78. The molecule has 21 heavy (non-hydrogen) atoms. The van der Waals surface area contributed by atoms with Gasteiger partial charge in [-0.15, -0.1) is 0 Å². The van der Waals surface area contributed by atoms with Crippen molar-refractivity contribution in [2.45, 2.75) is 26.3 Å². The van der Waals surface area contributed by atoms with E-state index in [-0.39, 0.29) is 0 Å². The Kier molecular flexibility index (Phi) is 4.36. The fraction of sp³-hybridized carbons (Fsp3) is 0.562. The second-order valence-corrected chi connectivity index (χ2v) is 6.28. The van der Waals surface area contributed by atoms with Crippen molar-refractivity contribution in [1.82, 2.24) is 14.5 Å². The first kappa shape index (κ1) is 14.7. The summed E-state index contributed by atoms with van der Waals surface area (Å²) in [5.74, 6) is 1.11. The van der Waals surface area contributed by atoms with E-state index < -0.39 is 0 Å². The molecule has 5 heteroatoms. The third kappa shape index (κ3) is 3.01. The number of aryl methyl sites for hydroxylation is 1. The van der Waals surface area contributed by atoms with Crippen LogP contribution in [0.1, 0.15) is 19.8 Å². The van der Waals surface area contributed by atoms with Crippen molar-refractivity contribution >= 4 is 28.6 Å². The number of unbranched alkanes of at least 4 members (excludes halogenated alkanes) is 1. The van der Waals surface area contributed by atoms with Gasteiger partial charge in [-0.1, -0.05) is 24.9 Å². The minimum absolute atomic E-state index is 0.757. The SMILES string of the molecule is CCCCn1c(N2CCN(C)CC2)nc2cc(Cl)ccc21. The first-order chi connectivity index (χ1) is 10.2. The molecule has 0 radical (unpaired) electrons. The van der Waals surface area contributed by atoms with Gasteiger partial charge in [0.2, 0.25) is 5.95 Å². The van der Waals surface area contributed by atoms with Crippen LogP contribution in [0, 0.1) is 0 Å². The third-order valence-electron chi connectivity index (χ3n) is 4.21. The summed E-state index contributed by atoms with van der Waals surface area (Å²) >= 11 is 6.12. The van der Waals surface area contributed by atoms with Crippen LogP contribution in [0.2, 0.25) is 5.02 Å². The van der Waals surface area contributed by atoms with Crippen LogP contribution in [0.25, 0.3) is 11.0 Å². The fourth-order valence-corrected chi connectivity index (χ4v) is 3.04. The molecule has 0 saturated carbocycles. The molecule has 0 N–H and O–H groups in total. The van der Waals surface area contributed by atoms with Gasteiger partial charge in [0, 0.05) is 37.7 Å². The monoisotopic (exact) mass is 306 g/mol. The van der Waals surface area contributed by atoms with Crippen LogP contribution in [0.15, 0.2) is 18.2 Å². The predicted octanol–water partition coefficient (Wildman–Crippen LogP) is 3.24. The molecular weight excluding hydrogens is 284 g/mol. The summed E-state index contributed by atoms with van der Waals surface area (Å²) in [7, 11) is 2.18. The molecule has 114 valence electrons. The number of likely N-dealkylation sites (N-methyl/N-ethyl adjacent to an activating group) is 1. The van der Waals surface area contributed by atoms with Crippen LogP contribution in [0.3, 0.4) is 0 Å². The molecule has 4 nitrogen and oxygen atoms in total. The largest absolute Gasteiger partial charge is 0.340 e. The maximum atomic E-state index is 6.12. The minimum atomic E-state index is 0.757. The number of nitrogens with zero attached hydrogens (tertiary/aromatic N) is 4. The highest BCUT2D eigenvalue weighted by Crippen LogP contribution is 2.26. The average molecular weight is 307 g/mol. The Morgan fingerprint density at radius 1 is 1.19 bits per heavy atom. The quantitative estimate of drug-likeness (QED) is 0.866. The lowest BCUT2D eigenvalue weighted by molar-refractivity contribution is 0.310. The highest BCUT2D eigenvalue weighted by Gasteiger charge is 2.20. The van der Waals surface area contributed by atoms with Crippen LogP contribution >= 0.6 is 11.6 Å². The highest BCUT2D eigenvalue weighted by molar-refractivity contribution is 6.31. The summed E-state index contributed by atoms with van der Waals surface area (Å²) in [5.41, 5.74) is 2.20. The standard InChI is InChI=1S/C16H23ClN4/c1-3-4-7-21-15-6-5-13(17)12-14(15)18-16(21)20-10-8-19(2)9-11-20/h5-6,12H,3-4,7-11H2,1-2H3. The molecule has 1 aromatic carbocycles. The van der Waals surface area contributed by atoms with Crippen LogP contribution in [-0.4, -0.2) is 47.7 Å². The highest BCUT2D eigenvalue weighted by atomic mass is 35.5. The number of piperazine rings is 1. The lowest BCUT2D eigenvalue weighted by atomic mass is 10.3. The van der Waals surface area contributed by atoms with Crippen LogP contribution in [-0.2, 0) is 6.54 Å². The molecule has 1 fully saturated rings. The van der Waals surface area contributed by atoms with E-state index in [4.69, 9.17) is 16.6 Å². The van der Waals surface area contributed by atoms with Crippen LogP contribution in [0.5, 0.6) is 0 Å². The zero-order valence-corrected chi connectivity index (χ0v) is 13.6. The minimum Gasteiger partial charge on any atom is -0.340 e. The summed E-state index contributed by atoms with van der Waals surface area (Å²) in [6.45, 7) is 7.52. The van der Waals surface area contributed by atoms with Gasteiger partial charge in [0.05, 0.1) is 11.0 Å². The Labute approximate surface area is 131 Å². The normalized spacial score (nSPS) is 16.8. The smallest absolute Gasteiger partial charge is 0.206 e. The summed E-state index contributed by atoms with van der Waals surface area (Å²) in [4.78, 5) is 9.63. The van der Waals surface area contributed by atoms with E-state index in [0.717, 1.165) is 49.2 Å². The average Bonchev–Trinajstić information content (AvgIpc) is 2.83. The van der Waals surface area contributed by atoms with Crippen LogP contribution < -0.4 is 4.90 Å². The van der Waals surface area contributed by atoms with Gasteiger partial charge in [-0.25, -0.2) is 4.98 Å². The number of halogens is 1. The molecule has 0 bridgehead atoms. The van der Waals surface area contributed by atoms with Crippen molar-refractivity contribution in [2.75, 3.05) is 38.1 Å². The number of rotatable bonds is 4. The molecule has 0 unspecified atom stereocenters. The number of imidazole rings is 1. The first-order valence-corrected chi connectivity index (χ1v) is 8.16. The lowest BCUT2D eigenvalue weighted by Gasteiger charge is -2.33. The van der Waals surface area contributed by atoms with Gasteiger partial charge >= 0.3 is 0 Å². The van der Waals surface area contributed by atoms with Crippen molar-refractivity contribution < 1.29 is 0 Å². The van der Waals surface area contributed by atoms with E-state index in [2.05, 4.69) is 34.4 Å². The molecular formula is C16H23ClN4. The zero-order valence-electron chi connectivity index (χ0n) is 12.8. The van der Waals surface area contributed by atoms with Gasteiger partial charge in [-0.2, -0.15) is 0 Å². The van der Waals surface area contributed by atoms with E-state index >= 15 is 0 Å². The van der Waals surface area contributed by atoms with Crippen LogP contribution in [0.4, 0.5) is 5.95 Å². The Bertz CT molecular complexity index is 614. The number of fused-ring (bicyclic) bond motifs is 1. The maximum absolute atomic E-state index is 6.12. The van der Waals surface area contributed by atoms with Crippen molar-refractivity contribution in [3.05, 3.63) is 23.2 Å². The van der Waals surface area contributed by atoms with Gasteiger partial charge in [-0.05, 0) is 31.7 Å².